The average molecular weight is 315 g/mol. The molecule has 4 N–H and O–H groups in total. The van der Waals surface area contributed by atoms with Crippen LogP contribution in [-0.4, -0.2) is 29.6 Å². The van der Waals surface area contributed by atoms with Crippen LogP contribution in [0.2, 0.25) is 0 Å². The van der Waals surface area contributed by atoms with Gasteiger partial charge in [0.05, 0.1) is 10.6 Å². The van der Waals surface area contributed by atoms with E-state index in [1.807, 2.05) is 4.90 Å². The molecular weight excluding hydrogens is 298 g/mol. The summed E-state index contributed by atoms with van der Waals surface area (Å²) in [5, 5.41) is 31.1. The maximum atomic E-state index is 11.3. The van der Waals surface area contributed by atoms with Crippen LogP contribution in [0.5, 0.6) is 0 Å². The second-order valence-electron chi connectivity index (χ2n) is 5.20. The number of nitro benzene ring substituents is 1. The van der Waals surface area contributed by atoms with Gasteiger partial charge in [-0.2, -0.15) is 10.4 Å². The molecule has 1 fully saturated rings. The minimum Gasteiger partial charge on any atom is -0.382 e. The first-order chi connectivity index (χ1) is 10.9. The van der Waals surface area contributed by atoms with E-state index < -0.39 is 10.8 Å². The highest BCUT2D eigenvalue weighted by molar-refractivity contribution is 6.45. The minimum atomic E-state index is -0.445. The van der Waals surface area contributed by atoms with Crippen molar-refractivity contribution in [2.24, 2.45) is 10.8 Å². The van der Waals surface area contributed by atoms with Gasteiger partial charge in [-0.1, -0.05) is 0 Å². The number of hydrazone groups is 1. The molecule has 0 saturated carbocycles. The van der Waals surface area contributed by atoms with Crippen molar-refractivity contribution in [3.8, 4) is 6.07 Å². The Morgan fingerprint density at radius 1 is 1.52 bits per heavy atom. The number of nitrogens with one attached hydrogen (secondary N) is 2. The summed E-state index contributed by atoms with van der Waals surface area (Å²) in [5.41, 5.74) is 9.38. The number of aryl methyl sites for hydroxylation is 1. The Morgan fingerprint density at radius 3 is 2.70 bits per heavy atom. The van der Waals surface area contributed by atoms with Crippen molar-refractivity contribution in [2.45, 2.75) is 19.8 Å². The van der Waals surface area contributed by atoms with Gasteiger partial charge >= 0.3 is 0 Å². The number of anilines is 2. The van der Waals surface area contributed by atoms with Gasteiger partial charge in [0.2, 0.25) is 5.71 Å². The summed E-state index contributed by atoms with van der Waals surface area (Å²) in [6.07, 6.45) is 1.99. The van der Waals surface area contributed by atoms with Crippen LogP contribution in [0.15, 0.2) is 17.2 Å². The van der Waals surface area contributed by atoms with Crippen LogP contribution in [-0.2, 0) is 0 Å². The summed E-state index contributed by atoms with van der Waals surface area (Å²) in [4.78, 5) is 12.8. The van der Waals surface area contributed by atoms with Crippen LogP contribution in [0.25, 0.3) is 0 Å². The molecular formula is C14H17N7O2. The highest BCUT2D eigenvalue weighted by atomic mass is 16.6. The first-order valence-corrected chi connectivity index (χ1v) is 7.06. The lowest BCUT2D eigenvalue weighted by molar-refractivity contribution is -0.384. The summed E-state index contributed by atoms with van der Waals surface area (Å²) < 4.78 is 0. The zero-order valence-corrected chi connectivity index (χ0v) is 12.7. The average Bonchev–Trinajstić information content (AvgIpc) is 3.02. The highest BCUT2D eigenvalue weighted by Gasteiger charge is 2.23. The number of hydrogen-bond donors (Lipinski definition) is 3. The van der Waals surface area contributed by atoms with Gasteiger partial charge in [0, 0.05) is 19.2 Å². The predicted molar refractivity (Wildman–Crippen MR) is 87.9 cm³/mol. The molecule has 1 saturated heterocycles. The second kappa shape index (κ2) is 6.74. The van der Waals surface area contributed by atoms with E-state index in [1.54, 1.807) is 19.1 Å². The van der Waals surface area contributed by atoms with Crippen LogP contribution in [0, 0.1) is 33.8 Å². The summed E-state index contributed by atoms with van der Waals surface area (Å²) >= 11 is 0. The molecule has 0 aliphatic carbocycles. The van der Waals surface area contributed by atoms with E-state index in [1.165, 1.54) is 6.07 Å². The molecule has 23 heavy (non-hydrogen) atoms. The third-order valence-corrected chi connectivity index (χ3v) is 3.61. The van der Waals surface area contributed by atoms with E-state index in [-0.39, 0.29) is 11.4 Å². The Hall–Kier alpha value is -3.15. The van der Waals surface area contributed by atoms with E-state index in [0.29, 0.717) is 16.9 Å². The highest BCUT2D eigenvalue weighted by Crippen LogP contribution is 2.35. The molecule has 2 rings (SSSR count). The van der Waals surface area contributed by atoms with Crippen LogP contribution in [0.3, 0.4) is 0 Å². The Balaban J connectivity index is 2.41. The summed E-state index contributed by atoms with van der Waals surface area (Å²) in [7, 11) is 0. The molecule has 1 heterocycles. The number of rotatable bonds is 5. The number of amidine groups is 1. The van der Waals surface area contributed by atoms with Crippen molar-refractivity contribution < 1.29 is 4.92 Å². The molecule has 9 heteroatoms. The molecule has 1 aliphatic rings. The van der Waals surface area contributed by atoms with Gasteiger partial charge < -0.3 is 10.6 Å². The number of nitrogens with two attached hydrogens (primary N) is 1. The van der Waals surface area contributed by atoms with Gasteiger partial charge in [0.25, 0.3) is 5.69 Å². The Morgan fingerprint density at radius 2 is 2.17 bits per heavy atom. The van der Waals surface area contributed by atoms with E-state index in [2.05, 4.69) is 10.5 Å². The topological polar surface area (TPSA) is 144 Å². The molecule has 120 valence electrons. The maximum Gasteiger partial charge on any atom is 0.292 e. The van der Waals surface area contributed by atoms with Crippen molar-refractivity contribution in [2.75, 3.05) is 23.4 Å². The predicted octanol–water partition coefficient (Wildman–Crippen LogP) is 1.73. The maximum absolute atomic E-state index is 11.3. The summed E-state index contributed by atoms with van der Waals surface area (Å²) in [6, 6.07) is 4.84. The molecule has 0 radical (unpaired) electrons. The van der Waals surface area contributed by atoms with Gasteiger partial charge in [-0.05, 0) is 31.4 Å². The first-order valence-electron chi connectivity index (χ1n) is 7.06. The quantitative estimate of drug-likeness (QED) is 0.326. The van der Waals surface area contributed by atoms with Crippen molar-refractivity contribution in [3.05, 3.63) is 27.8 Å². The third-order valence-electron chi connectivity index (χ3n) is 3.61. The zero-order chi connectivity index (χ0) is 17.0. The van der Waals surface area contributed by atoms with E-state index in [9.17, 15) is 10.1 Å². The van der Waals surface area contributed by atoms with Crippen molar-refractivity contribution in [1.82, 2.24) is 0 Å². The lowest BCUT2D eigenvalue weighted by Crippen LogP contribution is -2.22. The zero-order valence-electron chi connectivity index (χ0n) is 12.7. The molecule has 0 amide bonds. The van der Waals surface area contributed by atoms with Gasteiger partial charge in [0.15, 0.2) is 5.84 Å². The minimum absolute atomic E-state index is 0.0472. The Labute approximate surface area is 133 Å². The van der Waals surface area contributed by atoms with Crippen LogP contribution >= 0.6 is 0 Å². The van der Waals surface area contributed by atoms with Gasteiger partial charge in [0.1, 0.15) is 11.8 Å². The lowest BCUT2D eigenvalue weighted by atomic mass is 10.1. The van der Waals surface area contributed by atoms with Gasteiger partial charge in [-0.15, -0.1) is 0 Å². The lowest BCUT2D eigenvalue weighted by Gasteiger charge is -2.19. The molecule has 0 aromatic heterocycles. The third kappa shape index (κ3) is 3.55. The summed E-state index contributed by atoms with van der Waals surface area (Å²) in [6.45, 7) is 3.24. The number of benzene rings is 1. The van der Waals surface area contributed by atoms with Gasteiger partial charge in [-0.25, -0.2) is 0 Å². The molecule has 1 aromatic rings. The molecule has 0 spiro atoms. The smallest absolute Gasteiger partial charge is 0.292 e. The molecule has 0 atom stereocenters. The fourth-order valence-corrected chi connectivity index (χ4v) is 2.42. The van der Waals surface area contributed by atoms with Gasteiger partial charge in [-0.3, -0.25) is 20.9 Å². The van der Waals surface area contributed by atoms with E-state index in [0.717, 1.165) is 25.9 Å². The largest absolute Gasteiger partial charge is 0.382 e. The fourth-order valence-electron chi connectivity index (χ4n) is 2.42. The van der Waals surface area contributed by atoms with Crippen molar-refractivity contribution in [1.29, 1.82) is 10.7 Å². The SMILES string of the molecule is Cc1cc([N+](=O)[O-])c(N2CCCC2)cc1N/N=C(\C#N)C(=N)N. The van der Waals surface area contributed by atoms with Crippen LogP contribution in [0.1, 0.15) is 18.4 Å². The summed E-state index contributed by atoms with van der Waals surface area (Å²) in [5.74, 6) is -0.445. The fraction of sp³-hybridized carbons (Fsp3) is 0.357. The second-order valence-corrected chi connectivity index (χ2v) is 5.20. The van der Waals surface area contributed by atoms with E-state index in [4.69, 9.17) is 16.4 Å². The number of nitriles is 1. The Bertz CT molecular complexity index is 715. The number of nitrogens with zero attached hydrogens (tertiary/aromatic N) is 4. The van der Waals surface area contributed by atoms with E-state index >= 15 is 0 Å². The molecule has 9 nitrogen and oxygen atoms in total. The molecule has 0 bridgehead atoms. The first kappa shape index (κ1) is 16.2. The number of hydrogen-bond acceptors (Lipinski definition) is 7. The molecule has 0 unspecified atom stereocenters. The monoisotopic (exact) mass is 315 g/mol. The standard InChI is InChI=1S/C14H17N7O2/c1-9-6-13(21(22)23)12(20-4-2-3-5-20)7-10(9)18-19-11(8-15)14(16)17/h6-7,18H,2-5H2,1H3,(H3,16,17)/b19-11+. The molecule has 1 aliphatic heterocycles. The normalized spacial score (nSPS) is 14.4. The molecule has 1 aromatic carbocycles. The Kier molecular flexibility index (Phi) is 4.75. The van der Waals surface area contributed by atoms with Crippen molar-refractivity contribution >= 4 is 28.6 Å². The van der Waals surface area contributed by atoms with Crippen LogP contribution < -0.4 is 16.1 Å². The number of nitro groups is 1. The van der Waals surface area contributed by atoms with Crippen molar-refractivity contribution in [3.63, 3.8) is 0 Å². The van der Waals surface area contributed by atoms with Crippen LogP contribution in [0.4, 0.5) is 17.1 Å².